The molecule has 2 amide bonds. The van der Waals surface area contributed by atoms with Gasteiger partial charge < -0.3 is 44.8 Å². The largest absolute Gasteiger partial charge is 0.464 e. The number of esters is 3. The maximum Gasteiger partial charge on any atom is 0.408 e. The van der Waals surface area contributed by atoms with Crippen molar-refractivity contribution in [3.05, 3.63) is 88.5 Å². The van der Waals surface area contributed by atoms with Crippen LogP contribution in [0.4, 0.5) is 19.9 Å². The molecule has 5 rings (SSSR count). The smallest absolute Gasteiger partial charge is 0.408 e. The number of alkyl halides is 1. The number of hydrogen-bond donors (Lipinski definition) is 4. The zero-order valence-electron chi connectivity index (χ0n) is 34.1. The molecule has 1 aliphatic rings. The van der Waals surface area contributed by atoms with Crippen LogP contribution in [0.1, 0.15) is 57.9 Å². The van der Waals surface area contributed by atoms with E-state index in [9.17, 15) is 28.8 Å². The summed E-state index contributed by atoms with van der Waals surface area (Å²) in [6, 6.07) is 15.6. The Morgan fingerprint density at radius 2 is 1.36 bits per heavy atom. The van der Waals surface area contributed by atoms with Gasteiger partial charge in [0, 0.05) is 12.3 Å². The zero-order valence-corrected chi connectivity index (χ0v) is 34.1. The Morgan fingerprint density at radius 3 is 1.87 bits per heavy atom. The molecule has 3 heterocycles. The van der Waals surface area contributed by atoms with Crippen LogP contribution in [0.5, 0.6) is 0 Å². The van der Waals surface area contributed by atoms with Gasteiger partial charge in [0.15, 0.2) is 11.2 Å². The fraction of sp³-hybridized carbons (Fsp3) is 0.463. The molecule has 1 saturated heterocycles. The van der Waals surface area contributed by atoms with E-state index in [1.165, 1.54) is 10.9 Å². The molecule has 61 heavy (non-hydrogen) atoms. The summed E-state index contributed by atoms with van der Waals surface area (Å²) < 4.78 is 49.4. The van der Waals surface area contributed by atoms with E-state index in [1.54, 1.807) is 76.2 Å². The number of aromatic nitrogens is 4. The number of H-pyrrole nitrogens is 1. The molecule has 0 radical (unpaired) electrons. The van der Waals surface area contributed by atoms with E-state index in [2.05, 4.69) is 25.6 Å². The first-order valence-electron chi connectivity index (χ1n) is 19.6. The average Bonchev–Trinajstić information content (AvgIpc) is 3.83. The number of carbonyl (C=O) groups excluding carboxylic acids is 5. The van der Waals surface area contributed by atoms with E-state index in [1.807, 2.05) is 12.1 Å². The number of nitrogens with two attached hydrogens (primary N) is 1. The maximum absolute atomic E-state index is 15.2. The topological polar surface area (TPSA) is 254 Å². The minimum atomic E-state index is -1.59. The highest BCUT2D eigenvalue weighted by atomic mass is 19.1. The number of halogens is 1. The fourth-order valence-corrected chi connectivity index (χ4v) is 6.16. The molecule has 1 fully saturated rings. The molecule has 2 aromatic heterocycles. The number of hydrogen-bond acceptors (Lipinski definition) is 15. The highest BCUT2D eigenvalue weighted by Crippen LogP contribution is 2.32. The number of rotatable bonds is 19. The molecule has 4 aromatic rings. The molecule has 0 spiro atoms. The van der Waals surface area contributed by atoms with Crippen LogP contribution in [-0.4, -0.2) is 93.8 Å². The number of nitrogens with one attached hydrogen (secondary N) is 3. The molecule has 0 bridgehead atoms. The molecule has 1 aliphatic heterocycles. The summed E-state index contributed by atoms with van der Waals surface area (Å²) in [6.07, 6.45) is -4.84. The number of carbonyl (C=O) groups is 5. The summed E-state index contributed by atoms with van der Waals surface area (Å²) in [4.78, 5) is 87.7. The lowest BCUT2D eigenvalue weighted by molar-refractivity contribution is -0.159. The monoisotopic (exact) mass is 851 g/mol. The number of anilines is 1. The first kappa shape index (κ1) is 45.5. The Hall–Kier alpha value is -6.57. The van der Waals surface area contributed by atoms with Crippen LogP contribution >= 0.6 is 0 Å². The highest BCUT2D eigenvalue weighted by molar-refractivity contribution is 5.82. The van der Waals surface area contributed by atoms with Gasteiger partial charge in [-0.3, -0.25) is 19.1 Å². The van der Waals surface area contributed by atoms with E-state index in [4.69, 9.17) is 34.2 Å². The minimum absolute atomic E-state index is 0.0208. The van der Waals surface area contributed by atoms with Crippen molar-refractivity contribution in [1.82, 2.24) is 30.2 Å². The van der Waals surface area contributed by atoms with Gasteiger partial charge in [-0.25, -0.2) is 28.6 Å². The normalized spacial score (nSPS) is 17.1. The quantitative estimate of drug-likeness (QED) is 0.0772. The lowest BCUT2D eigenvalue weighted by Gasteiger charge is -2.24. The number of aromatic amines is 1. The van der Waals surface area contributed by atoms with Crippen molar-refractivity contribution in [1.29, 1.82) is 0 Å². The van der Waals surface area contributed by atoms with Gasteiger partial charge >= 0.3 is 30.1 Å². The third kappa shape index (κ3) is 13.2. The van der Waals surface area contributed by atoms with E-state index in [0.29, 0.717) is 0 Å². The van der Waals surface area contributed by atoms with Crippen LogP contribution in [0.25, 0.3) is 11.2 Å². The number of nitrogens with zero attached hydrogens (tertiary/aromatic N) is 3. The molecule has 2 aromatic carbocycles. The Morgan fingerprint density at radius 1 is 0.836 bits per heavy atom. The molecule has 328 valence electrons. The summed E-state index contributed by atoms with van der Waals surface area (Å²) in [5.74, 6) is -4.63. The average molecular weight is 852 g/mol. The number of fused-ring (bicyclic) bond motifs is 1. The second-order valence-electron chi connectivity index (χ2n) is 15.0. The van der Waals surface area contributed by atoms with Gasteiger partial charge in [0.2, 0.25) is 5.95 Å². The number of amides is 2. The molecule has 19 nitrogen and oxygen atoms in total. The van der Waals surface area contributed by atoms with Crippen molar-refractivity contribution in [2.45, 2.75) is 84.3 Å². The van der Waals surface area contributed by atoms with Gasteiger partial charge in [0.1, 0.15) is 50.4 Å². The lowest BCUT2D eigenvalue weighted by Crippen LogP contribution is -2.46. The van der Waals surface area contributed by atoms with Gasteiger partial charge in [0.05, 0.1) is 26.0 Å². The van der Waals surface area contributed by atoms with E-state index in [-0.39, 0.29) is 36.7 Å². The summed E-state index contributed by atoms with van der Waals surface area (Å²) in [5.41, 5.74) is 6.63. The molecule has 5 N–H and O–H groups in total. The van der Waals surface area contributed by atoms with Crippen LogP contribution in [0.15, 0.2) is 71.8 Å². The van der Waals surface area contributed by atoms with Crippen molar-refractivity contribution >= 4 is 47.2 Å². The van der Waals surface area contributed by atoms with E-state index < -0.39 is 110 Å². The number of benzene rings is 2. The molecule has 5 atom stereocenters. The summed E-state index contributed by atoms with van der Waals surface area (Å²) in [7, 11) is 0. The van der Waals surface area contributed by atoms with Crippen LogP contribution < -0.4 is 21.9 Å². The Kier molecular flexibility index (Phi) is 16.1. The van der Waals surface area contributed by atoms with Crippen molar-refractivity contribution in [2.75, 3.05) is 25.6 Å². The van der Waals surface area contributed by atoms with Crippen LogP contribution in [0.3, 0.4) is 0 Å². The first-order valence-corrected chi connectivity index (χ1v) is 19.6. The van der Waals surface area contributed by atoms with E-state index in [0.717, 1.165) is 11.1 Å². The first-order chi connectivity index (χ1) is 29.2. The Labute approximate surface area is 349 Å². The van der Waals surface area contributed by atoms with Gasteiger partial charge in [-0.2, -0.15) is 4.98 Å². The summed E-state index contributed by atoms with van der Waals surface area (Å²) in [5, 5.41) is 5.01. The minimum Gasteiger partial charge on any atom is -0.464 e. The predicted octanol–water partition coefficient (Wildman–Crippen LogP) is 3.87. The molecule has 0 aliphatic carbocycles. The number of imidazole rings is 1. The van der Waals surface area contributed by atoms with Crippen LogP contribution in [0.2, 0.25) is 0 Å². The van der Waals surface area contributed by atoms with Crippen molar-refractivity contribution < 1.29 is 56.8 Å². The van der Waals surface area contributed by atoms with E-state index >= 15 is 4.39 Å². The number of alkyl carbamates (subject to hydrolysis) is 2. The standard InChI is InChI=1S/C41H50FN7O12/c1-23(2)32(45-40(54)59-17-25-11-7-5-8-12-25)37(52)57-19-27(20-58-38(53)33(24(3)4)46-41(55)60-18-26-13-9-6-10-14-26)15-31(50)56-21-29-28(42)16-30(61-29)49-22-44-34-35(49)47-39(43)48-36(34)51/h5-14,22-24,27-30,32-33H,15-21H2,1-4H3,(H,45,54)(H,46,55)(H3,43,47,48,51)/t28-,29+,30+,32-,33-/m0/s1. The molecule has 20 heteroatoms. The second-order valence-corrected chi connectivity index (χ2v) is 15.0. The Bertz CT molecular complexity index is 2080. The molecule has 0 unspecified atom stereocenters. The van der Waals surface area contributed by atoms with Crippen molar-refractivity contribution in [3.8, 4) is 0 Å². The molecular weight excluding hydrogens is 801 g/mol. The number of nitrogen functional groups attached to an aromatic ring is 1. The van der Waals surface area contributed by atoms with Crippen molar-refractivity contribution in [3.63, 3.8) is 0 Å². The molecular formula is C41H50FN7O12. The number of ether oxygens (including phenoxy) is 6. The fourth-order valence-electron chi connectivity index (χ4n) is 6.16. The third-order valence-electron chi connectivity index (χ3n) is 9.52. The van der Waals surface area contributed by atoms with Gasteiger partial charge in [-0.15, -0.1) is 0 Å². The second kappa shape index (κ2) is 21.6. The third-order valence-corrected chi connectivity index (χ3v) is 9.52. The SMILES string of the molecule is CC(C)[C@H](NC(=O)OCc1ccccc1)C(=O)OCC(COC(=O)[C@@H](NC(=O)OCc1ccccc1)C(C)C)CC(=O)OC[C@H]1O[C@@H](n2cnc3c(=O)[nH]c(N)nc32)C[C@@H]1F. The van der Waals surface area contributed by atoms with Gasteiger partial charge in [-0.1, -0.05) is 88.4 Å². The maximum atomic E-state index is 15.2. The van der Waals surface area contributed by atoms with Gasteiger partial charge in [-0.05, 0) is 23.0 Å². The molecule has 0 saturated carbocycles. The van der Waals surface area contributed by atoms with Crippen LogP contribution in [-0.2, 0) is 56.0 Å². The van der Waals surface area contributed by atoms with Gasteiger partial charge in [0.25, 0.3) is 5.56 Å². The van der Waals surface area contributed by atoms with Crippen LogP contribution in [0, 0.1) is 17.8 Å². The Balaban J connectivity index is 1.20. The summed E-state index contributed by atoms with van der Waals surface area (Å²) >= 11 is 0. The highest BCUT2D eigenvalue weighted by Gasteiger charge is 2.39. The predicted molar refractivity (Wildman–Crippen MR) is 214 cm³/mol. The lowest BCUT2D eigenvalue weighted by atomic mass is 10.0. The zero-order chi connectivity index (χ0) is 44.1. The summed E-state index contributed by atoms with van der Waals surface area (Å²) in [6.45, 7) is 5.18. The van der Waals surface area contributed by atoms with Crippen molar-refractivity contribution in [2.24, 2.45) is 17.8 Å².